The number of sulfonamides is 1. The zero-order valence-corrected chi connectivity index (χ0v) is 32.5. The third kappa shape index (κ3) is 7.79. The van der Waals surface area contributed by atoms with E-state index in [0.717, 1.165) is 36.7 Å². The second-order valence-electron chi connectivity index (χ2n) is 16.6. The lowest BCUT2D eigenvalue weighted by molar-refractivity contribution is -0.139. The summed E-state index contributed by atoms with van der Waals surface area (Å²) in [5.74, 6) is -1.70. The first kappa shape index (κ1) is 38.0. The second-order valence-corrected chi connectivity index (χ2v) is 18.8. The van der Waals surface area contributed by atoms with Crippen LogP contribution in [0.25, 0.3) is 11.0 Å². The molecule has 1 saturated heterocycles. The Labute approximate surface area is 317 Å². The van der Waals surface area contributed by atoms with Crippen LogP contribution in [0.2, 0.25) is 0 Å². The van der Waals surface area contributed by atoms with Crippen molar-refractivity contribution in [3.8, 4) is 6.01 Å². The van der Waals surface area contributed by atoms with Crippen molar-refractivity contribution < 1.29 is 31.9 Å². The standard InChI is InChI=1S/C41H52FN5O6S/c1-26(2)24-47-34-15-11-10-13-32(34)44-39(47)53-31-21-35-36(48)23-41(38(50)45-54(51,52)40(4)16-17-40)22-28(41)12-8-6-5-7-9-14-33(37(49)46(35)25-31)43-30-19-27(3)18-29(42)20-30/h8,10-13,15,18-20,26,28,31,33,35,43H,5-7,9,14,16-17,21-25H2,1-4H3,(H,45,50)/b12-8-/t28-,31-,33+,35+,41-/m1/s1. The molecule has 3 heterocycles. The summed E-state index contributed by atoms with van der Waals surface area (Å²) in [5.41, 5.74) is 1.65. The summed E-state index contributed by atoms with van der Waals surface area (Å²) in [5, 5.41) is 3.29. The zero-order chi connectivity index (χ0) is 38.4. The third-order valence-corrected chi connectivity index (χ3v) is 13.8. The number of imidazole rings is 1. The number of allylic oxidation sites excluding steroid dienone is 2. The van der Waals surface area contributed by atoms with Gasteiger partial charge >= 0.3 is 0 Å². The Morgan fingerprint density at radius 1 is 1.11 bits per heavy atom. The number of hydrogen-bond acceptors (Lipinski definition) is 8. The first-order valence-electron chi connectivity index (χ1n) is 19.4. The van der Waals surface area contributed by atoms with Gasteiger partial charge in [-0.2, -0.15) is 4.98 Å². The number of fused-ring (bicyclic) bond motifs is 3. The molecule has 290 valence electrons. The number of amides is 2. The maximum absolute atomic E-state index is 14.7. The highest BCUT2D eigenvalue weighted by Gasteiger charge is 2.62. The molecule has 2 aliphatic heterocycles. The summed E-state index contributed by atoms with van der Waals surface area (Å²) in [6.07, 6.45) is 8.28. The number of rotatable bonds is 9. The minimum atomic E-state index is -3.93. The average Bonchev–Trinajstić information content (AvgIpc) is 3.94. The lowest BCUT2D eigenvalue weighted by Crippen LogP contribution is -2.49. The molecule has 11 nitrogen and oxygen atoms in total. The number of anilines is 1. The molecule has 2 saturated carbocycles. The van der Waals surface area contributed by atoms with Crippen LogP contribution in [0.1, 0.15) is 90.5 Å². The highest BCUT2D eigenvalue weighted by atomic mass is 32.2. The zero-order valence-electron chi connectivity index (χ0n) is 31.6. The highest BCUT2D eigenvalue weighted by Crippen LogP contribution is 2.57. The summed E-state index contributed by atoms with van der Waals surface area (Å²) in [6, 6.07) is 11.1. The normalized spacial score (nSPS) is 27.8. The number of carbonyl (C=O) groups excluding carboxylic acids is 3. The van der Waals surface area contributed by atoms with Crippen LogP contribution in [0, 0.1) is 30.0 Å². The SMILES string of the molecule is Cc1cc(F)cc(N[C@H]2CCCCC/C=C\[C@@H]3C[C@@]3(C(=O)NS(=O)(=O)C3(C)CC3)CC(=O)[C@@H]3C[C@@H](Oc4nc5ccccc5n4CC(C)C)CN3C2=O)c1. The monoisotopic (exact) mass is 761 g/mol. The van der Waals surface area contributed by atoms with Gasteiger partial charge in [0.25, 0.3) is 6.01 Å². The Hall–Kier alpha value is -4.26. The predicted octanol–water partition coefficient (Wildman–Crippen LogP) is 6.45. The van der Waals surface area contributed by atoms with Gasteiger partial charge in [0.15, 0.2) is 5.78 Å². The number of nitrogens with zero attached hydrogens (tertiary/aromatic N) is 3. The van der Waals surface area contributed by atoms with Crippen molar-refractivity contribution in [3.63, 3.8) is 0 Å². The highest BCUT2D eigenvalue weighted by molar-refractivity contribution is 7.91. The van der Waals surface area contributed by atoms with Crippen LogP contribution in [0.3, 0.4) is 0 Å². The molecule has 2 amide bonds. The van der Waals surface area contributed by atoms with Crippen molar-refractivity contribution in [1.82, 2.24) is 19.2 Å². The molecular formula is C41H52FN5O6S. The van der Waals surface area contributed by atoms with E-state index in [-0.39, 0.29) is 37.0 Å². The van der Waals surface area contributed by atoms with Crippen LogP contribution in [0.15, 0.2) is 54.6 Å². The quantitative estimate of drug-likeness (QED) is 0.237. The van der Waals surface area contributed by atoms with Gasteiger partial charge in [-0.05, 0) is 100 Å². The fraction of sp³-hybridized carbons (Fsp3) is 0.561. The van der Waals surface area contributed by atoms with E-state index in [4.69, 9.17) is 9.72 Å². The number of hydrogen-bond donors (Lipinski definition) is 2. The fourth-order valence-electron chi connectivity index (χ4n) is 8.14. The Kier molecular flexibility index (Phi) is 10.4. The van der Waals surface area contributed by atoms with Gasteiger partial charge < -0.3 is 15.0 Å². The van der Waals surface area contributed by atoms with Crippen molar-refractivity contribution in [1.29, 1.82) is 0 Å². The van der Waals surface area contributed by atoms with E-state index in [0.29, 0.717) is 55.4 Å². The molecule has 2 aliphatic carbocycles. The van der Waals surface area contributed by atoms with Crippen LogP contribution in [-0.4, -0.2) is 69.9 Å². The molecule has 2 aromatic carbocycles. The van der Waals surface area contributed by atoms with E-state index in [1.165, 1.54) is 12.1 Å². The minimum absolute atomic E-state index is 0.107. The van der Waals surface area contributed by atoms with Crippen LogP contribution in [0.4, 0.5) is 10.1 Å². The van der Waals surface area contributed by atoms with Gasteiger partial charge in [-0.1, -0.05) is 51.0 Å². The maximum atomic E-state index is 14.7. The van der Waals surface area contributed by atoms with Crippen LogP contribution in [0.5, 0.6) is 6.01 Å². The van der Waals surface area contributed by atoms with E-state index < -0.39 is 50.1 Å². The molecule has 1 aromatic heterocycles. The van der Waals surface area contributed by atoms with Crippen molar-refractivity contribution >= 4 is 44.3 Å². The lowest BCUT2D eigenvalue weighted by Gasteiger charge is -2.30. The summed E-state index contributed by atoms with van der Waals surface area (Å²) in [7, 11) is -3.93. The van der Waals surface area contributed by atoms with Crippen molar-refractivity contribution in [2.24, 2.45) is 17.3 Å². The van der Waals surface area contributed by atoms with Gasteiger partial charge in [0.05, 0.1) is 33.8 Å². The fourth-order valence-corrected chi connectivity index (χ4v) is 9.48. The molecule has 7 rings (SSSR count). The number of halogens is 1. The molecule has 3 aromatic rings. The number of aryl methyl sites for hydroxylation is 1. The van der Waals surface area contributed by atoms with Crippen molar-refractivity contribution in [2.75, 3.05) is 11.9 Å². The molecule has 0 bridgehead atoms. The summed E-state index contributed by atoms with van der Waals surface area (Å²) in [4.78, 5) is 49.6. The molecule has 13 heteroatoms. The molecule has 5 atom stereocenters. The first-order chi connectivity index (χ1) is 25.7. The smallest absolute Gasteiger partial charge is 0.297 e. The summed E-state index contributed by atoms with van der Waals surface area (Å²) < 4.78 is 50.9. The summed E-state index contributed by atoms with van der Waals surface area (Å²) >= 11 is 0. The Morgan fingerprint density at radius 2 is 1.89 bits per heavy atom. The average molecular weight is 762 g/mol. The number of Topliss-reactive ketones (excluding diaryl/α,β-unsaturated/α-hetero) is 1. The van der Waals surface area contributed by atoms with Crippen LogP contribution in [-0.2, 0) is 31.0 Å². The topological polar surface area (TPSA) is 140 Å². The van der Waals surface area contributed by atoms with Crippen molar-refractivity contribution in [3.05, 3.63) is 66.0 Å². The number of aromatic nitrogens is 2. The van der Waals surface area contributed by atoms with E-state index in [2.05, 4.69) is 23.9 Å². The van der Waals surface area contributed by atoms with Gasteiger partial charge in [-0.3, -0.25) is 23.7 Å². The third-order valence-electron chi connectivity index (χ3n) is 11.7. The number of nitrogens with one attached hydrogen (secondary N) is 2. The number of para-hydroxylation sites is 2. The number of ketones is 1. The Morgan fingerprint density at radius 3 is 2.63 bits per heavy atom. The first-order valence-corrected chi connectivity index (χ1v) is 20.9. The maximum Gasteiger partial charge on any atom is 0.297 e. The number of ether oxygens (including phenoxy) is 1. The van der Waals surface area contributed by atoms with E-state index >= 15 is 0 Å². The Bertz CT molecular complexity index is 2060. The minimum Gasteiger partial charge on any atom is -0.459 e. The lowest BCUT2D eigenvalue weighted by atomic mass is 9.91. The van der Waals surface area contributed by atoms with Crippen LogP contribution >= 0.6 is 0 Å². The Balaban J connectivity index is 1.22. The molecule has 2 N–H and O–H groups in total. The van der Waals surface area contributed by atoms with Gasteiger partial charge in [-0.15, -0.1) is 0 Å². The van der Waals surface area contributed by atoms with E-state index in [1.807, 2.05) is 41.0 Å². The molecule has 54 heavy (non-hydrogen) atoms. The molecule has 0 radical (unpaired) electrons. The largest absolute Gasteiger partial charge is 0.459 e. The predicted molar refractivity (Wildman–Crippen MR) is 205 cm³/mol. The number of benzene rings is 2. The van der Waals surface area contributed by atoms with E-state index in [1.54, 1.807) is 24.8 Å². The molecule has 4 aliphatic rings. The number of carbonyl (C=O) groups is 3. The van der Waals surface area contributed by atoms with Gasteiger partial charge in [0.2, 0.25) is 21.8 Å². The van der Waals surface area contributed by atoms with Crippen molar-refractivity contribution in [2.45, 2.75) is 121 Å². The summed E-state index contributed by atoms with van der Waals surface area (Å²) in [6.45, 7) is 8.39. The molecule has 3 fully saturated rings. The second kappa shape index (κ2) is 14.8. The van der Waals surface area contributed by atoms with E-state index in [9.17, 15) is 27.2 Å². The molecule has 0 spiro atoms. The van der Waals surface area contributed by atoms with Gasteiger partial charge in [0, 0.05) is 25.1 Å². The van der Waals surface area contributed by atoms with Gasteiger partial charge in [0.1, 0.15) is 18.0 Å². The van der Waals surface area contributed by atoms with Gasteiger partial charge in [-0.25, -0.2) is 12.8 Å². The molecule has 0 unspecified atom stereocenters. The van der Waals surface area contributed by atoms with Crippen LogP contribution < -0.4 is 14.8 Å². The molecular weight excluding hydrogens is 710 g/mol.